The minimum atomic E-state index is -0.300. The Morgan fingerprint density at radius 1 is 1.50 bits per heavy atom. The molecule has 0 saturated heterocycles. The zero-order chi connectivity index (χ0) is 11.5. The van der Waals surface area contributed by atoms with E-state index in [1.165, 1.54) is 6.33 Å². The quantitative estimate of drug-likeness (QED) is 0.768. The summed E-state index contributed by atoms with van der Waals surface area (Å²) in [5.74, 6) is -0.410. The summed E-state index contributed by atoms with van der Waals surface area (Å²) in [5.41, 5.74) is 0.882. The van der Waals surface area contributed by atoms with E-state index < -0.39 is 0 Å². The number of hydrogen-bond donors (Lipinski definition) is 2. The number of aromatic amines is 1. The van der Waals surface area contributed by atoms with Crippen LogP contribution in [0.5, 0.6) is 0 Å². The molecule has 2 rings (SSSR count). The lowest BCUT2D eigenvalue weighted by Gasteiger charge is -2.03. The SMILES string of the molecule is O=C(CCl)Nc1ccc2c(=O)[nH]cnc2c1. The van der Waals surface area contributed by atoms with Gasteiger partial charge in [-0.2, -0.15) is 0 Å². The zero-order valence-corrected chi connectivity index (χ0v) is 8.91. The molecule has 2 aromatic rings. The van der Waals surface area contributed by atoms with Crippen LogP contribution in [0.3, 0.4) is 0 Å². The van der Waals surface area contributed by atoms with Gasteiger partial charge in [-0.25, -0.2) is 4.98 Å². The van der Waals surface area contributed by atoms with Gasteiger partial charge < -0.3 is 10.3 Å². The number of carbonyl (C=O) groups is 1. The van der Waals surface area contributed by atoms with Gasteiger partial charge in [-0.05, 0) is 18.2 Å². The maximum atomic E-state index is 11.4. The van der Waals surface area contributed by atoms with E-state index in [1.54, 1.807) is 18.2 Å². The van der Waals surface area contributed by atoms with E-state index in [2.05, 4.69) is 15.3 Å². The summed E-state index contributed by atoms with van der Waals surface area (Å²) in [6, 6.07) is 4.85. The number of anilines is 1. The van der Waals surface area contributed by atoms with Crippen LogP contribution in [0.4, 0.5) is 5.69 Å². The predicted molar refractivity (Wildman–Crippen MR) is 61.7 cm³/mol. The van der Waals surface area contributed by atoms with Crippen molar-refractivity contribution >= 4 is 34.1 Å². The van der Waals surface area contributed by atoms with Crippen molar-refractivity contribution in [3.05, 3.63) is 34.9 Å². The lowest BCUT2D eigenvalue weighted by atomic mass is 10.2. The lowest BCUT2D eigenvalue weighted by Crippen LogP contribution is -2.13. The van der Waals surface area contributed by atoms with Gasteiger partial charge in [-0.3, -0.25) is 9.59 Å². The number of hydrogen-bond acceptors (Lipinski definition) is 3. The number of halogens is 1. The zero-order valence-electron chi connectivity index (χ0n) is 8.16. The minimum Gasteiger partial charge on any atom is -0.325 e. The van der Waals surface area contributed by atoms with Crippen LogP contribution in [0.15, 0.2) is 29.3 Å². The number of rotatable bonds is 2. The number of amides is 1. The van der Waals surface area contributed by atoms with E-state index in [4.69, 9.17) is 11.6 Å². The molecule has 0 aliphatic heterocycles. The van der Waals surface area contributed by atoms with Gasteiger partial charge in [0.15, 0.2) is 0 Å². The first kappa shape index (κ1) is 10.6. The van der Waals surface area contributed by atoms with Crippen molar-refractivity contribution in [2.24, 2.45) is 0 Å². The molecule has 0 fully saturated rings. The Bertz CT molecular complexity index is 594. The summed E-state index contributed by atoms with van der Waals surface area (Å²) in [7, 11) is 0. The van der Waals surface area contributed by atoms with E-state index in [0.717, 1.165) is 0 Å². The Balaban J connectivity index is 2.45. The Hall–Kier alpha value is -1.88. The number of H-pyrrole nitrogens is 1. The average Bonchev–Trinajstić information content (AvgIpc) is 2.29. The maximum absolute atomic E-state index is 11.4. The molecule has 6 heteroatoms. The van der Waals surface area contributed by atoms with Crippen molar-refractivity contribution < 1.29 is 4.79 Å². The van der Waals surface area contributed by atoms with Crippen LogP contribution in [0, 0.1) is 0 Å². The van der Waals surface area contributed by atoms with E-state index in [-0.39, 0.29) is 17.3 Å². The first-order valence-electron chi connectivity index (χ1n) is 4.54. The number of carbonyl (C=O) groups excluding carboxylic acids is 1. The largest absolute Gasteiger partial charge is 0.325 e. The molecule has 16 heavy (non-hydrogen) atoms. The molecule has 0 bridgehead atoms. The van der Waals surface area contributed by atoms with Crippen molar-refractivity contribution in [3.63, 3.8) is 0 Å². The summed E-state index contributed by atoms with van der Waals surface area (Å²) in [6.07, 6.45) is 1.32. The molecular formula is C10H8ClN3O2. The van der Waals surface area contributed by atoms with Gasteiger partial charge in [-0.15, -0.1) is 11.6 Å². The fraction of sp³-hybridized carbons (Fsp3) is 0.100. The maximum Gasteiger partial charge on any atom is 0.258 e. The minimum absolute atomic E-state index is 0.110. The second kappa shape index (κ2) is 4.32. The molecular weight excluding hydrogens is 230 g/mol. The fourth-order valence-electron chi connectivity index (χ4n) is 1.34. The highest BCUT2D eigenvalue weighted by molar-refractivity contribution is 6.29. The fourth-order valence-corrected chi connectivity index (χ4v) is 1.41. The van der Waals surface area contributed by atoms with Gasteiger partial charge in [0, 0.05) is 5.69 Å². The molecule has 0 atom stereocenters. The molecule has 1 amide bonds. The van der Waals surface area contributed by atoms with Gasteiger partial charge >= 0.3 is 0 Å². The highest BCUT2D eigenvalue weighted by Gasteiger charge is 2.03. The number of nitrogens with one attached hydrogen (secondary N) is 2. The summed E-state index contributed by atoms with van der Waals surface area (Å²) < 4.78 is 0. The summed E-state index contributed by atoms with van der Waals surface area (Å²) in [5, 5.41) is 3.06. The molecule has 0 unspecified atom stereocenters. The number of benzene rings is 1. The van der Waals surface area contributed by atoms with E-state index >= 15 is 0 Å². The van der Waals surface area contributed by atoms with E-state index in [1.807, 2.05) is 0 Å². The second-order valence-electron chi connectivity index (χ2n) is 3.15. The van der Waals surface area contributed by atoms with Crippen molar-refractivity contribution in [2.45, 2.75) is 0 Å². The second-order valence-corrected chi connectivity index (χ2v) is 3.41. The highest BCUT2D eigenvalue weighted by Crippen LogP contribution is 2.13. The first-order chi connectivity index (χ1) is 7.70. The van der Waals surface area contributed by atoms with Crippen LogP contribution in [0.2, 0.25) is 0 Å². The van der Waals surface area contributed by atoms with Crippen LogP contribution in [-0.2, 0) is 4.79 Å². The van der Waals surface area contributed by atoms with Gasteiger partial charge in [-0.1, -0.05) is 0 Å². The Morgan fingerprint density at radius 3 is 3.06 bits per heavy atom. The van der Waals surface area contributed by atoms with Crippen molar-refractivity contribution in [1.29, 1.82) is 0 Å². The third-order valence-electron chi connectivity index (χ3n) is 2.05. The third kappa shape index (κ3) is 2.04. The van der Waals surface area contributed by atoms with E-state index in [9.17, 15) is 9.59 Å². The van der Waals surface area contributed by atoms with Crippen molar-refractivity contribution in [3.8, 4) is 0 Å². The average molecular weight is 238 g/mol. The van der Waals surface area contributed by atoms with Crippen LogP contribution in [-0.4, -0.2) is 21.8 Å². The first-order valence-corrected chi connectivity index (χ1v) is 5.07. The van der Waals surface area contributed by atoms with Crippen molar-refractivity contribution in [2.75, 3.05) is 11.2 Å². The van der Waals surface area contributed by atoms with E-state index in [0.29, 0.717) is 16.6 Å². The molecule has 0 aliphatic carbocycles. The molecule has 2 N–H and O–H groups in total. The van der Waals surface area contributed by atoms with Gasteiger partial charge in [0.05, 0.1) is 17.2 Å². The molecule has 1 heterocycles. The number of alkyl halides is 1. The van der Waals surface area contributed by atoms with Gasteiger partial charge in [0.2, 0.25) is 5.91 Å². The third-order valence-corrected chi connectivity index (χ3v) is 2.29. The monoisotopic (exact) mass is 237 g/mol. The molecule has 0 aliphatic rings. The Labute approximate surface area is 95.5 Å². The van der Waals surface area contributed by atoms with Crippen molar-refractivity contribution in [1.82, 2.24) is 9.97 Å². The summed E-state index contributed by atoms with van der Waals surface area (Å²) >= 11 is 5.36. The van der Waals surface area contributed by atoms with Crippen LogP contribution < -0.4 is 10.9 Å². The van der Waals surface area contributed by atoms with Gasteiger partial charge in [0.1, 0.15) is 5.88 Å². The predicted octanol–water partition coefficient (Wildman–Crippen LogP) is 1.10. The molecule has 82 valence electrons. The van der Waals surface area contributed by atoms with Gasteiger partial charge in [0.25, 0.3) is 5.56 Å². The molecule has 1 aromatic heterocycles. The molecule has 0 saturated carbocycles. The van der Waals surface area contributed by atoms with Crippen LogP contribution >= 0.6 is 11.6 Å². The lowest BCUT2D eigenvalue weighted by molar-refractivity contribution is -0.113. The smallest absolute Gasteiger partial charge is 0.258 e. The van der Waals surface area contributed by atoms with Crippen LogP contribution in [0.25, 0.3) is 10.9 Å². The highest BCUT2D eigenvalue weighted by atomic mass is 35.5. The molecule has 0 spiro atoms. The molecule has 1 aromatic carbocycles. The summed E-state index contributed by atoms with van der Waals surface area (Å²) in [6.45, 7) is 0. The Kier molecular flexibility index (Phi) is 2.87. The number of nitrogens with zero attached hydrogens (tertiary/aromatic N) is 1. The molecule has 5 nitrogen and oxygen atoms in total. The standard InChI is InChI=1S/C10H8ClN3O2/c11-4-9(15)14-6-1-2-7-8(3-6)12-5-13-10(7)16/h1-3,5H,4H2,(H,14,15)(H,12,13,16). The number of aromatic nitrogens is 2. The summed E-state index contributed by atoms with van der Waals surface area (Å²) in [4.78, 5) is 28.9. The van der Waals surface area contributed by atoms with Crippen LogP contribution in [0.1, 0.15) is 0 Å². The normalized spacial score (nSPS) is 10.3. The molecule has 0 radical (unpaired) electrons. The Morgan fingerprint density at radius 2 is 2.31 bits per heavy atom. The number of fused-ring (bicyclic) bond motifs is 1. The topological polar surface area (TPSA) is 74.8 Å².